The van der Waals surface area contributed by atoms with E-state index in [9.17, 15) is 22.1 Å². The molecule has 14 heteroatoms. The fraction of sp³-hybridized carbons (Fsp3) is 0.231. The topological polar surface area (TPSA) is 73.9 Å². The highest BCUT2D eigenvalue weighted by Gasteiger charge is 2.46. The largest absolute Gasteiger partial charge is 0.607 e. The lowest BCUT2D eigenvalue weighted by atomic mass is 10.2. The van der Waals surface area contributed by atoms with Gasteiger partial charge in [0.1, 0.15) is 11.8 Å². The standard InChI is InChI=1S/C13H5Cl4F4N3O2S/c1-26-11-10(27(25)13(16,17)21)8(4-22)23-24(11)9-6(14)2-5(3-7(9)15)12(18,19)20/h2-3H,1H3. The molecule has 146 valence electrons. The molecule has 0 aliphatic rings. The molecule has 5 nitrogen and oxygen atoms in total. The van der Waals surface area contributed by atoms with Gasteiger partial charge in [-0.15, -0.1) is 5.10 Å². The van der Waals surface area contributed by atoms with E-state index in [4.69, 9.17) is 56.4 Å². The van der Waals surface area contributed by atoms with Crippen LogP contribution >= 0.6 is 46.4 Å². The number of hydrogen-bond acceptors (Lipinski definition) is 4. The molecule has 2 aromatic rings. The summed E-state index contributed by atoms with van der Waals surface area (Å²) in [6, 6.07) is 2.66. The van der Waals surface area contributed by atoms with E-state index in [1.165, 1.54) is 6.07 Å². The van der Waals surface area contributed by atoms with Gasteiger partial charge < -0.3 is 9.29 Å². The van der Waals surface area contributed by atoms with Crippen LogP contribution in [0.25, 0.3) is 5.69 Å². The van der Waals surface area contributed by atoms with E-state index in [1.54, 1.807) is 0 Å². The molecule has 1 aromatic carbocycles. The third kappa shape index (κ3) is 4.34. The predicted molar refractivity (Wildman–Crippen MR) is 91.8 cm³/mol. The van der Waals surface area contributed by atoms with Crippen molar-refractivity contribution < 1.29 is 26.9 Å². The van der Waals surface area contributed by atoms with Gasteiger partial charge in [-0.2, -0.15) is 27.5 Å². The second-order valence-corrected chi connectivity index (χ2v) is 8.72. The fourth-order valence-electron chi connectivity index (χ4n) is 2.01. The lowest BCUT2D eigenvalue weighted by Gasteiger charge is -2.16. The molecular weight excluding hydrogens is 480 g/mol. The van der Waals surface area contributed by atoms with E-state index in [0.717, 1.165) is 7.11 Å². The number of nitrogens with zero attached hydrogens (tertiary/aromatic N) is 3. The Labute approximate surface area is 172 Å². The van der Waals surface area contributed by atoms with Gasteiger partial charge in [-0.3, -0.25) is 0 Å². The van der Waals surface area contributed by atoms with E-state index < -0.39 is 53.3 Å². The van der Waals surface area contributed by atoms with Gasteiger partial charge in [0.25, 0.3) is 10.8 Å². The molecule has 0 radical (unpaired) electrons. The molecule has 1 heterocycles. The number of nitriles is 1. The van der Waals surface area contributed by atoms with Gasteiger partial charge in [-0.05, 0) is 35.3 Å². The highest BCUT2D eigenvalue weighted by Crippen LogP contribution is 2.44. The summed E-state index contributed by atoms with van der Waals surface area (Å²) in [4.78, 5) is -0.625. The Hall–Kier alpha value is -1.09. The van der Waals surface area contributed by atoms with Crippen LogP contribution in [0.15, 0.2) is 17.0 Å². The van der Waals surface area contributed by atoms with Gasteiger partial charge in [0.15, 0.2) is 0 Å². The minimum absolute atomic E-state index is 0.323. The van der Waals surface area contributed by atoms with Crippen LogP contribution in [0.4, 0.5) is 17.6 Å². The van der Waals surface area contributed by atoms with Crippen molar-refractivity contribution in [3.63, 3.8) is 0 Å². The molecule has 1 aromatic heterocycles. The van der Waals surface area contributed by atoms with Crippen LogP contribution in [0.2, 0.25) is 10.0 Å². The number of halogens is 8. The molecule has 0 N–H and O–H groups in total. The molecule has 0 bridgehead atoms. The van der Waals surface area contributed by atoms with E-state index in [-0.39, 0.29) is 5.69 Å². The second kappa shape index (κ2) is 7.73. The molecule has 0 saturated heterocycles. The smallest absolute Gasteiger partial charge is 0.423 e. The highest BCUT2D eigenvalue weighted by molar-refractivity contribution is 7.95. The van der Waals surface area contributed by atoms with Crippen molar-refractivity contribution >= 4 is 57.6 Å². The molecule has 0 aliphatic carbocycles. The first-order chi connectivity index (χ1) is 12.3. The van der Waals surface area contributed by atoms with Gasteiger partial charge >= 0.3 is 10.1 Å². The quantitative estimate of drug-likeness (QED) is 0.337. The zero-order valence-electron chi connectivity index (χ0n) is 12.7. The summed E-state index contributed by atoms with van der Waals surface area (Å²) in [5.74, 6) is -0.503. The van der Waals surface area contributed by atoms with Gasteiger partial charge in [0.2, 0.25) is 5.69 Å². The molecule has 1 atom stereocenters. The number of hydrogen-bond donors (Lipinski definition) is 0. The molecule has 0 fully saturated rings. The van der Waals surface area contributed by atoms with Crippen LogP contribution in [0.5, 0.6) is 5.88 Å². The second-order valence-electron chi connectivity index (χ2n) is 4.71. The first-order valence-electron chi connectivity index (χ1n) is 6.45. The summed E-state index contributed by atoms with van der Waals surface area (Å²) in [5, 5.41) is 11.9. The van der Waals surface area contributed by atoms with Gasteiger partial charge in [0.05, 0.1) is 33.9 Å². The summed E-state index contributed by atoms with van der Waals surface area (Å²) in [6.07, 6.45) is -4.73. The van der Waals surface area contributed by atoms with Gasteiger partial charge in [0, 0.05) is 0 Å². The van der Waals surface area contributed by atoms with Crippen LogP contribution in [0.3, 0.4) is 0 Å². The third-order valence-electron chi connectivity index (χ3n) is 3.05. The van der Waals surface area contributed by atoms with Crippen molar-refractivity contribution in [3.05, 3.63) is 33.4 Å². The molecule has 0 aliphatic heterocycles. The first-order valence-corrected chi connectivity index (χ1v) is 9.11. The number of methoxy groups -OCH3 is 1. The zero-order valence-corrected chi connectivity index (χ0v) is 16.6. The summed E-state index contributed by atoms with van der Waals surface area (Å²) in [5.41, 5.74) is -2.07. The Bertz CT molecular complexity index is 901. The molecule has 27 heavy (non-hydrogen) atoms. The summed E-state index contributed by atoms with van der Waals surface area (Å²) in [6.45, 7) is 0. The van der Waals surface area contributed by atoms with E-state index >= 15 is 0 Å². The first kappa shape index (κ1) is 22.2. The number of alkyl halides is 6. The highest BCUT2D eigenvalue weighted by atomic mass is 35.5. The molecular formula is C13H5Cl4F4N3O2S. The molecule has 0 amide bonds. The maximum absolute atomic E-state index is 13.7. The lowest BCUT2D eigenvalue weighted by molar-refractivity contribution is -0.137. The normalized spacial score (nSPS) is 13.4. The Kier molecular flexibility index (Phi) is 6.36. The van der Waals surface area contributed by atoms with Crippen LogP contribution in [0.1, 0.15) is 11.3 Å². The van der Waals surface area contributed by atoms with Gasteiger partial charge in [-0.25, -0.2) is 0 Å². The van der Waals surface area contributed by atoms with Crippen LogP contribution < -0.4 is 4.74 Å². The zero-order chi connectivity index (χ0) is 20.7. The summed E-state index contributed by atoms with van der Waals surface area (Å²) >= 11 is 19.3. The van der Waals surface area contributed by atoms with Crippen LogP contribution in [-0.4, -0.2) is 25.4 Å². The Morgan fingerprint density at radius 1 is 1.22 bits per heavy atom. The Morgan fingerprint density at radius 2 is 1.74 bits per heavy atom. The Balaban J connectivity index is 2.78. The predicted octanol–water partition coefficient (Wildman–Crippen LogP) is 5.24. The van der Waals surface area contributed by atoms with Crippen molar-refractivity contribution in [1.29, 1.82) is 5.26 Å². The maximum atomic E-state index is 13.7. The SMILES string of the molecule is COc1c([S+]([O-])C(F)(Cl)Cl)c(C#N)nn1-c1c(Cl)cc(C(F)(F)F)cc1Cl. The average molecular weight is 485 g/mol. The number of rotatable bonds is 4. The van der Waals surface area contributed by atoms with Crippen LogP contribution in [0, 0.1) is 11.3 Å². The van der Waals surface area contributed by atoms with E-state index in [0.29, 0.717) is 16.8 Å². The van der Waals surface area contributed by atoms with E-state index in [1.807, 2.05) is 0 Å². The molecule has 0 spiro atoms. The molecule has 2 rings (SSSR count). The Morgan fingerprint density at radius 3 is 2.11 bits per heavy atom. The summed E-state index contributed by atoms with van der Waals surface area (Å²) in [7, 11) is 1.05. The van der Waals surface area contributed by atoms with Crippen molar-refractivity contribution in [2.75, 3.05) is 7.11 Å². The minimum atomic E-state index is -4.73. The molecule has 0 saturated carbocycles. The number of aromatic nitrogens is 2. The molecule has 1 unspecified atom stereocenters. The number of benzene rings is 1. The van der Waals surface area contributed by atoms with E-state index in [2.05, 4.69) is 5.10 Å². The maximum Gasteiger partial charge on any atom is 0.423 e. The monoisotopic (exact) mass is 483 g/mol. The minimum Gasteiger partial charge on any atom is -0.607 e. The average Bonchev–Trinajstić information content (AvgIpc) is 2.89. The number of ether oxygens (including phenoxy) is 1. The van der Waals surface area contributed by atoms with Gasteiger partial charge in [-0.1, -0.05) is 23.2 Å². The van der Waals surface area contributed by atoms with Crippen molar-refractivity contribution in [2.24, 2.45) is 0 Å². The fourth-order valence-corrected chi connectivity index (χ4v) is 3.94. The van der Waals surface area contributed by atoms with Crippen molar-refractivity contribution in [2.45, 2.75) is 15.0 Å². The third-order valence-corrected chi connectivity index (χ3v) is 5.63. The van der Waals surface area contributed by atoms with Crippen molar-refractivity contribution in [3.8, 4) is 17.6 Å². The van der Waals surface area contributed by atoms with Crippen molar-refractivity contribution in [1.82, 2.24) is 9.78 Å². The summed E-state index contributed by atoms with van der Waals surface area (Å²) < 4.78 is 66.9. The lowest BCUT2D eigenvalue weighted by Crippen LogP contribution is -2.22. The van der Waals surface area contributed by atoms with Crippen LogP contribution in [-0.2, 0) is 17.4 Å².